The van der Waals surface area contributed by atoms with Gasteiger partial charge in [0.2, 0.25) is 0 Å². The molecule has 0 radical (unpaired) electrons. The predicted octanol–water partition coefficient (Wildman–Crippen LogP) is 4.34. The Kier molecular flexibility index (Phi) is 5.28. The van der Waals surface area contributed by atoms with Crippen molar-refractivity contribution < 1.29 is 9.53 Å². The van der Waals surface area contributed by atoms with Crippen LogP contribution in [0.1, 0.15) is 74.1 Å². The second-order valence-corrected chi connectivity index (χ2v) is 9.10. The van der Waals surface area contributed by atoms with Crippen LogP contribution < -0.4 is 0 Å². The summed E-state index contributed by atoms with van der Waals surface area (Å²) in [5, 5.41) is 4.71. The van der Waals surface area contributed by atoms with Crippen LogP contribution in [0.4, 0.5) is 0 Å². The number of likely N-dealkylation sites (tertiary alicyclic amines) is 1. The Balaban J connectivity index is 1.35. The van der Waals surface area contributed by atoms with E-state index in [9.17, 15) is 4.79 Å². The molecule has 1 saturated heterocycles. The van der Waals surface area contributed by atoms with Crippen LogP contribution in [-0.2, 0) is 16.9 Å². The van der Waals surface area contributed by atoms with Gasteiger partial charge in [-0.15, -0.1) is 0 Å². The fourth-order valence-corrected chi connectivity index (χ4v) is 3.88. The maximum Gasteiger partial charge on any atom is 0.274 e. The van der Waals surface area contributed by atoms with Gasteiger partial charge in [-0.1, -0.05) is 30.3 Å². The average molecular weight is 382 g/mol. The topological polar surface area (TPSA) is 47.4 Å². The van der Waals surface area contributed by atoms with Crippen LogP contribution in [0.2, 0.25) is 0 Å². The molecule has 1 aromatic carbocycles. The highest BCUT2D eigenvalue weighted by molar-refractivity contribution is 5.92. The van der Waals surface area contributed by atoms with Crippen LogP contribution in [0.5, 0.6) is 0 Å². The summed E-state index contributed by atoms with van der Waals surface area (Å²) < 4.78 is 8.12. The fraction of sp³-hybridized carbons (Fsp3) is 0.565. The molecule has 0 atom stereocenters. The minimum atomic E-state index is -0.102. The lowest BCUT2D eigenvalue weighted by Crippen LogP contribution is -2.41. The number of rotatable bonds is 5. The molecule has 2 aliphatic rings. The zero-order valence-electron chi connectivity index (χ0n) is 17.2. The van der Waals surface area contributed by atoms with Gasteiger partial charge in [0, 0.05) is 24.7 Å². The molecule has 0 unspecified atom stereocenters. The van der Waals surface area contributed by atoms with Gasteiger partial charge in [-0.3, -0.25) is 9.48 Å². The second kappa shape index (κ2) is 7.70. The van der Waals surface area contributed by atoms with E-state index in [0.29, 0.717) is 18.2 Å². The third-order valence-electron chi connectivity index (χ3n) is 5.64. The Bertz CT molecular complexity index is 810. The van der Waals surface area contributed by atoms with Crippen LogP contribution >= 0.6 is 0 Å². The molecule has 4 rings (SSSR count). The van der Waals surface area contributed by atoms with E-state index in [0.717, 1.165) is 25.9 Å². The van der Waals surface area contributed by atoms with Gasteiger partial charge >= 0.3 is 0 Å². The lowest BCUT2D eigenvalue weighted by molar-refractivity contribution is -0.000535. The lowest BCUT2D eigenvalue weighted by atomic mass is 10.1. The third kappa shape index (κ3) is 4.30. The van der Waals surface area contributed by atoms with Gasteiger partial charge in [-0.25, -0.2) is 0 Å². The third-order valence-corrected chi connectivity index (χ3v) is 5.64. The molecule has 0 spiro atoms. The summed E-state index contributed by atoms with van der Waals surface area (Å²) in [5.74, 6) is 0.636. The van der Waals surface area contributed by atoms with Crippen molar-refractivity contribution in [2.75, 3.05) is 13.1 Å². The van der Waals surface area contributed by atoms with Gasteiger partial charge in [0.15, 0.2) is 5.69 Å². The van der Waals surface area contributed by atoms with Gasteiger partial charge in [0.25, 0.3) is 5.91 Å². The van der Waals surface area contributed by atoms with E-state index in [1.807, 2.05) is 29.2 Å². The Morgan fingerprint density at radius 3 is 2.39 bits per heavy atom. The van der Waals surface area contributed by atoms with Crippen molar-refractivity contribution in [3.05, 3.63) is 53.3 Å². The summed E-state index contributed by atoms with van der Waals surface area (Å²) in [5.41, 5.74) is 2.91. The maximum atomic E-state index is 13.0. The summed E-state index contributed by atoms with van der Waals surface area (Å²) >= 11 is 0. The number of amides is 1. The highest BCUT2D eigenvalue weighted by atomic mass is 16.5. The van der Waals surface area contributed by atoms with Gasteiger partial charge < -0.3 is 9.64 Å². The van der Waals surface area contributed by atoms with E-state index in [1.54, 1.807) is 0 Å². The number of piperidine rings is 1. The standard InChI is InChI=1S/C23H31N3O2/c1-23(2,3)26-21(18-9-10-18)15-20(24-26)22(27)25-13-11-19(12-14-25)28-16-17-7-5-4-6-8-17/h4-8,15,18-19H,9-14,16H2,1-3H3. The summed E-state index contributed by atoms with van der Waals surface area (Å²) in [4.78, 5) is 15.0. The number of hydrogen-bond donors (Lipinski definition) is 0. The molecule has 150 valence electrons. The molecule has 28 heavy (non-hydrogen) atoms. The van der Waals surface area contributed by atoms with Crippen LogP contribution in [0.25, 0.3) is 0 Å². The van der Waals surface area contributed by atoms with E-state index in [-0.39, 0.29) is 17.6 Å². The molecule has 1 amide bonds. The number of carbonyl (C=O) groups excluding carboxylic acids is 1. The summed E-state index contributed by atoms with van der Waals surface area (Å²) in [7, 11) is 0. The molecule has 1 aliphatic heterocycles. The SMILES string of the molecule is CC(C)(C)n1nc(C(=O)N2CCC(OCc3ccccc3)CC2)cc1C1CC1. The number of carbonyl (C=O) groups is 1. The van der Waals surface area contributed by atoms with Crippen molar-refractivity contribution in [3.8, 4) is 0 Å². The van der Waals surface area contributed by atoms with E-state index in [1.165, 1.54) is 24.1 Å². The van der Waals surface area contributed by atoms with E-state index < -0.39 is 0 Å². The Morgan fingerprint density at radius 2 is 1.79 bits per heavy atom. The highest BCUT2D eigenvalue weighted by Crippen LogP contribution is 2.41. The first-order valence-electron chi connectivity index (χ1n) is 10.5. The van der Waals surface area contributed by atoms with Crippen molar-refractivity contribution in [2.24, 2.45) is 0 Å². The van der Waals surface area contributed by atoms with Gasteiger partial charge in [-0.2, -0.15) is 5.10 Å². The molecule has 0 N–H and O–H groups in total. The van der Waals surface area contributed by atoms with Crippen molar-refractivity contribution in [3.63, 3.8) is 0 Å². The molecular weight excluding hydrogens is 350 g/mol. The molecule has 2 fully saturated rings. The number of hydrogen-bond acceptors (Lipinski definition) is 3. The number of ether oxygens (including phenoxy) is 1. The molecule has 5 nitrogen and oxygen atoms in total. The number of aromatic nitrogens is 2. The smallest absolute Gasteiger partial charge is 0.274 e. The quantitative estimate of drug-likeness (QED) is 0.774. The van der Waals surface area contributed by atoms with Gasteiger partial charge in [0.05, 0.1) is 18.2 Å². The van der Waals surface area contributed by atoms with E-state index in [2.05, 4.69) is 37.6 Å². The average Bonchev–Trinajstić information content (AvgIpc) is 3.44. The number of benzene rings is 1. The Morgan fingerprint density at radius 1 is 1.11 bits per heavy atom. The van der Waals surface area contributed by atoms with Gasteiger partial charge in [-0.05, 0) is 58.1 Å². The van der Waals surface area contributed by atoms with Crippen molar-refractivity contribution in [1.82, 2.24) is 14.7 Å². The molecule has 1 aliphatic carbocycles. The fourth-order valence-electron chi connectivity index (χ4n) is 3.88. The first kappa shape index (κ1) is 19.2. The summed E-state index contributed by atoms with van der Waals surface area (Å²) in [6, 6.07) is 12.3. The van der Waals surface area contributed by atoms with Crippen molar-refractivity contribution in [1.29, 1.82) is 0 Å². The Hall–Kier alpha value is -2.14. The zero-order chi connectivity index (χ0) is 19.7. The largest absolute Gasteiger partial charge is 0.373 e. The molecule has 2 aromatic rings. The first-order valence-corrected chi connectivity index (χ1v) is 10.5. The van der Waals surface area contributed by atoms with Gasteiger partial charge in [0.1, 0.15) is 0 Å². The molecular formula is C23H31N3O2. The van der Waals surface area contributed by atoms with Crippen LogP contribution in [0, 0.1) is 0 Å². The molecule has 2 heterocycles. The zero-order valence-corrected chi connectivity index (χ0v) is 17.2. The minimum absolute atomic E-state index is 0.0615. The normalized spacial score (nSPS) is 18.5. The minimum Gasteiger partial charge on any atom is -0.373 e. The van der Waals surface area contributed by atoms with Crippen LogP contribution in [0.3, 0.4) is 0 Å². The molecule has 1 aromatic heterocycles. The first-order chi connectivity index (χ1) is 13.4. The molecule has 1 saturated carbocycles. The van der Waals surface area contributed by atoms with Crippen molar-refractivity contribution in [2.45, 2.75) is 70.6 Å². The molecule has 0 bridgehead atoms. The predicted molar refractivity (Wildman–Crippen MR) is 109 cm³/mol. The second-order valence-electron chi connectivity index (χ2n) is 9.10. The summed E-state index contributed by atoms with van der Waals surface area (Å²) in [6.45, 7) is 8.56. The number of nitrogens with zero attached hydrogens (tertiary/aromatic N) is 3. The monoisotopic (exact) mass is 381 g/mol. The van der Waals surface area contributed by atoms with E-state index >= 15 is 0 Å². The summed E-state index contributed by atoms with van der Waals surface area (Å²) in [6.07, 6.45) is 4.40. The van der Waals surface area contributed by atoms with Crippen LogP contribution in [0.15, 0.2) is 36.4 Å². The van der Waals surface area contributed by atoms with Crippen molar-refractivity contribution >= 4 is 5.91 Å². The Labute approximate surface area is 167 Å². The maximum absolute atomic E-state index is 13.0. The molecule has 5 heteroatoms. The highest BCUT2D eigenvalue weighted by Gasteiger charge is 2.34. The lowest BCUT2D eigenvalue weighted by Gasteiger charge is -2.31. The van der Waals surface area contributed by atoms with Crippen LogP contribution in [-0.4, -0.2) is 39.8 Å². The van der Waals surface area contributed by atoms with E-state index in [4.69, 9.17) is 9.84 Å².